The van der Waals surface area contributed by atoms with Crippen LogP contribution in [0.4, 0.5) is 0 Å². The molecule has 23 heavy (non-hydrogen) atoms. The molecule has 0 aliphatic heterocycles. The normalized spacial score (nSPS) is 11.8. The summed E-state index contributed by atoms with van der Waals surface area (Å²) >= 11 is 1.35. The quantitative estimate of drug-likeness (QED) is 0.684. The fourth-order valence-electron chi connectivity index (χ4n) is 2.14. The van der Waals surface area contributed by atoms with Gasteiger partial charge in [0.05, 0.1) is 0 Å². The Morgan fingerprint density at radius 3 is 2.43 bits per heavy atom. The summed E-state index contributed by atoms with van der Waals surface area (Å²) in [5, 5.41) is 9.85. The van der Waals surface area contributed by atoms with Gasteiger partial charge in [0.15, 0.2) is 5.16 Å². The van der Waals surface area contributed by atoms with Crippen molar-refractivity contribution in [2.75, 3.05) is 0 Å². The van der Waals surface area contributed by atoms with Crippen molar-refractivity contribution >= 4 is 17.7 Å². The summed E-state index contributed by atoms with van der Waals surface area (Å²) in [7, 11) is 0. The number of aromatic nitrogens is 3. The fourth-order valence-corrected chi connectivity index (χ4v) is 3.06. The molecule has 1 amide bonds. The van der Waals surface area contributed by atoms with E-state index in [9.17, 15) is 4.79 Å². The largest absolute Gasteiger partial charge is 0.351 e. The number of benzene rings is 2. The average molecular weight is 324 g/mol. The Kier molecular flexibility index (Phi) is 5.06. The Morgan fingerprint density at radius 1 is 1.09 bits per heavy atom. The lowest BCUT2D eigenvalue weighted by molar-refractivity contribution is -0.120. The highest BCUT2D eigenvalue weighted by atomic mass is 32.2. The van der Waals surface area contributed by atoms with Crippen molar-refractivity contribution in [3.8, 4) is 0 Å². The minimum atomic E-state index is -0.382. The highest BCUT2D eigenvalue weighted by Crippen LogP contribution is 2.33. The summed E-state index contributed by atoms with van der Waals surface area (Å²) in [6, 6.07) is 19.5. The van der Waals surface area contributed by atoms with Crippen LogP contribution in [0, 0.1) is 0 Å². The molecule has 3 rings (SSSR count). The van der Waals surface area contributed by atoms with Crippen molar-refractivity contribution in [2.24, 2.45) is 0 Å². The molecular formula is C17H16N4OS. The molecule has 1 aromatic heterocycles. The molecule has 3 aromatic rings. The molecule has 0 radical (unpaired) electrons. The summed E-state index contributed by atoms with van der Waals surface area (Å²) in [5.41, 5.74) is 2.00. The van der Waals surface area contributed by atoms with Gasteiger partial charge in [-0.3, -0.25) is 9.89 Å². The molecular weight excluding hydrogens is 308 g/mol. The zero-order chi connectivity index (χ0) is 15.9. The highest BCUT2D eigenvalue weighted by Gasteiger charge is 2.22. The highest BCUT2D eigenvalue weighted by molar-refractivity contribution is 8.00. The third kappa shape index (κ3) is 4.20. The van der Waals surface area contributed by atoms with E-state index in [4.69, 9.17) is 0 Å². The number of nitrogens with zero attached hydrogens (tertiary/aromatic N) is 2. The predicted octanol–water partition coefficient (Wildman–Crippen LogP) is 2.95. The van der Waals surface area contributed by atoms with E-state index in [1.54, 1.807) is 0 Å². The molecule has 2 N–H and O–H groups in total. The molecule has 0 spiro atoms. The Labute approximate surface area is 138 Å². The summed E-state index contributed by atoms with van der Waals surface area (Å²) in [4.78, 5) is 16.7. The first-order valence-corrected chi connectivity index (χ1v) is 8.09. The van der Waals surface area contributed by atoms with Crippen molar-refractivity contribution in [3.05, 3.63) is 78.1 Å². The minimum Gasteiger partial charge on any atom is -0.351 e. The van der Waals surface area contributed by atoms with E-state index >= 15 is 0 Å². The first kappa shape index (κ1) is 15.3. The molecule has 0 aliphatic carbocycles. The number of nitrogens with one attached hydrogen (secondary N) is 2. The molecule has 1 atom stereocenters. The van der Waals surface area contributed by atoms with Crippen molar-refractivity contribution in [3.63, 3.8) is 0 Å². The molecule has 116 valence electrons. The van der Waals surface area contributed by atoms with Crippen LogP contribution in [-0.4, -0.2) is 21.1 Å². The molecule has 0 fully saturated rings. The van der Waals surface area contributed by atoms with Crippen LogP contribution in [0.25, 0.3) is 0 Å². The molecule has 0 saturated carbocycles. The van der Waals surface area contributed by atoms with Crippen LogP contribution in [-0.2, 0) is 11.3 Å². The maximum atomic E-state index is 12.6. The SMILES string of the molecule is O=C(NCc1ccccc1)C(Sc1ncn[nH]1)c1ccccc1. The number of hydrogen-bond donors (Lipinski definition) is 2. The van der Waals surface area contributed by atoms with Gasteiger partial charge in [-0.1, -0.05) is 72.4 Å². The van der Waals surface area contributed by atoms with Crippen LogP contribution >= 0.6 is 11.8 Å². The third-order valence-electron chi connectivity index (χ3n) is 3.27. The van der Waals surface area contributed by atoms with Crippen LogP contribution < -0.4 is 5.32 Å². The lowest BCUT2D eigenvalue weighted by atomic mass is 10.1. The standard InChI is InChI=1S/C17H16N4OS/c22-16(18-11-13-7-3-1-4-8-13)15(14-9-5-2-6-10-14)23-17-19-12-20-21-17/h1-10,12,15H,11H2,(H,18,22)(H,19,20,21). The topological polar surface area (TPSA) is 70.7 Å². The summed E-state index contributed by atoms with van der Waals surface area (Å²) in [6.45, 7) is 0.500. The number of aromatic amines is 1. The number of H-pyrrole nitrogens is 1. The van der Waals surface area contributed by atoms with E-state index in [1.165, 1.54) is 18.1 Å². The van der Waals surface area contributed by atoms with Gasteiger partial charge in [0.25, 0.3) is 0 Å². The van der Waals surface area contributed by atoms with E-state index in [1.807, 2.05) is 60.7 Å². The van der Waals surface area contributed by atoms with Crippen molar-refractivity contribution in [1.29, 1.82) is 0 Å². The maximum Gasteiger partial charge on any atom is 0.238 e. The smallest absolute Gasteiger partial charge is 0.238 e. The first-order chi connectivity index (χ1) is 11.3. The van der Waals surface area contributed by atoms with Gasteiger partial charge in [0, 0.05) is 6.54 Å². The number of carbonyl (C=O) groups excluding carboxylic acids is 1. The number of rotatable bonds is 6. The zero-order valence-electron chi connectivity index (χ0n) is 12.3. The molecule has 0 saturated heterocycles. The minimum absolute atomic E-state index is 0.0542. The van der Waals surface area contributed by atoms with Gasteiger partial charge in [-0.25, -0.2) is 4.98 Å². The summed E-state index contributed by atoms with van der Waals surface area (Å²) in [5.74, 6) is -0.0542. The van der Waals surface area contributed by atoms with E-state index < -0.39 is 0 Å². The second-order valence-electron chi connectivity index (χ2n) is 4.90. The summed E-state index contributed by atoms with van der Waals surface area (Å²) < 4.78 is 0. The Morgan fingerprint density at radius 2 is 1.78 bits per heavy atom. The Hall–Kier alpha value is -2.60. The second-order valence-corrected chi connectivity index (χ2v) is 6.00. The number of carbonyl (C=O) groups is 1. The van der Waals surface area contributed by atoms with Crippen molar-refractivity contribution in [2.45, 2.75) is 17.0 Å². The predicted molar refractivity (Wildman–Crippen MR) is 89.7 cm³/mol. The van der Waals surface area contributed by atoms with E-state index in [2.05, 4.69) is 20.5 Å². The molecule has 5 nitrogen and oxygen atoms in total. The molecule has 1 unspecified atom stereocenters. The van der Waals surface area contributed by atoms with Crippen LogP contribution in [0.3, 0.4) is 0 Å². The van der Waals surface area contributed by atoms with Gasteiger partial charge < -0.3 is 5.32 Å². The van der Waals surface area contributed by atoms with E-state index in [0.29, 0.717) is 11.7 Å². The average Bonchev–Trinajstić information content (AvgIpc) is 3.12. The number of thioether (sulfide) groups is 1. The lowest BCUT2D eigenvalue weighted by Crippen LogP contribution is -2.27. The number of hydrogen-bond acceptors (Lipinski definition) is 4. The zero-order valence-corrected chi connectivity index (χ0v) is 13.2. The molecule has 0 bridgehead atoms. The van der Waals surface area contributed by atoms with Gasteiger partial charge in [0.1, 0.15) is 11.6 Å². The molecule has 1 heterocycles. The molecule has 0 aliphatic rings. The molecule has 2 aromatic carbocycles. The number of amides is 1. The van der Waals surface area contributed by atoms with Gasteiger partial charge in [0.2, 0.25) is 5.91 Å². The van der Waals surface area contributed by atoms with Crippen LogP contribution in [0.1, 0.15) is 16.4 Å². The van der Waals surface area contributed by atoms with Crippen molar-refractivity contribution in [1.82, 2.24) is 20.5 Å². The lowest BCUT2D eigenvalue weighted by Gasteiger charge is -2.15. The summed E-state index contributed by atoms with van der Waals surface area (Å²) in [6.07, 6.45) is 1.44. The first-order valence-electron chi connectivity index (χ1n) is 7.21. The van der Waals surface area contributed by atoms with Gasteiger partial charge in [-0.2, -0.15) is 5.10 Å². The van der Waals surface area contributed by atoms with Crippen LogP contribution in [0.15, 0.2) is 72.1 Å². The van der Waals surface area contributed by atoms with Crippen LogP contribution in [0.2, 0.25) is 0 Å². The van der Waals surface area contributed by atoms with Gasteiger partial charge >= 0.3 is 0 Å². The maximum absolute atomic E-state index is 12.6. The van der Waals surface area contributed by atoms with E-state index in [-0.39, 0.29) is 11.2 Å². The van der Waals surface area contributed by atoms with Gasteiger partial charge in [-0.15, -0.1) is 0 Å². The van der Waals surface area contributed by atoms with Crippen molar-refractivity contribution < 1.29 is 4.79 Å². The van der Waals surface area contributed by atoms with E-state index in [0.717, 1.165) is 11.1 Å². The van der Waals surface area contributed by atoms with Gasteiger partial charge in [-0.05, 0) is 11.1 Å². The Balaban J connectivity index is 1.73. The fraction of sp³-hybridized carbons (Fsp3) is 0.118. The Bertz CT molecular complexity index is 732. The monoisotopic (exact) mass is 324 g/mol. The third-order valence-corrected chi connectivity index (χ3v) is 4.41. The van der Waals surface area contributed by atoms with Crippen LogP contribution in [0.5, 0.6) is 0 Å². The second kappa shape index (κ2) is 7.60. The molecule has 6 heteroatoms.